The Morgan fingerprint density at radius 3 is 3.00 bits per heavy atom. The molecule has 0 saturated heterocycles. The van der Waals surface area contributed by atoms with Crippen molar-refractivity contribution in [2.75, 3.05) is 0 Å². The lowest BCUT2D eigenvalue weighted by atomic mass is 9.92. The molecule has 14 heavy (non-hydrogen) atoms. The predicted molar refractivity (Wildman–Crippen MR) is 59.4 cm³/mol. The molecule has 1 aromatic heterocycles. The van der Waals surface area contributed by atoms with Crippen molar-refractivity contribution >= 4 is 11.3 Å². The molecule has 0 radical (unpaired) electrons. The first-order valence-electron chi connectivity index (χ1n) is 5.30. The van der Waals surface area contributed by atoms with Gasteiger partial charge in [-0.2, -0.15) is 0 Å². The average Bonchev–Trinajstić information content (AvgIpc) is 2.69. The van der Waals surface area contributed by atoms with Gasteiger partial charge in [-0.3, -0.25) is 0 Å². The molecule has 0 bridgehead atoms. The molecule has 1 aliphatic rings. The third-order valence-corrected chi connectivity index (χ3v) is 3.72. The quantitative estimate of drug-likeness (QED) is 0.803. The highest BCUT2D eigenvalue weighted by Crippen LogP contribution is 2.19. The van der Waals surface area contributed by atoms with E-state index in [-0.39, 0.29) is 6.10 Å². The largest absolute Gasteiger partial charge is 0.392 e. The normalized spacial score (nSPS) is 27.8. The van der Waals surface area contributed by atoms with E-state index in [0.717, 1.165) is 19.4 Å². The lowest BCUT2D eigenvalue weighted by Gasteiger charge is -2.28. The van der Waals surface area contributed by atoms with Crippen LogP contribution in [0.4, 0.5) is 0 Å². The van der Waals surface area contributed by atoms with Gasteiger partial charge in [0.1, 0.15) is 0 Å². The van der Waals surface area contributed by atoms with E-state index in [1.807, 2.05) is 0 Å². The van der Waals surface area contributed by atoms with Crippen molar-refractivity contribution in [3.05, 3.63) is 22.4 Å². The molecule has 1 aliphatic carbocycles. The van der Waals surface area contributed by atoms with Crippen LogP contribution in [0.1, 0.15) is 30.6 Å². The van der Waals surface area contributed by atoms with Crippen LogP contribution in [0.15, 0.2) is 17.5 Å². The molecule has 0 amide bonds. The second kappa shape index (κ2) is 4.91. The summed E-state index contributed by atoms with van der Waals surface area (Å²) in [6, 6.07) is 4.51. The summed E-state index contributed by atoms with van der Waals surface area (Å²) in [5.41, 5.74) is 0. The molecule has 2 nitrogen and oxygen atoms in total. The topological polar surface area (TPSA) is 32.3 Å². The van der Waals surface area contributed by atoms with Crippen LogP contribution in [-0.4, -0.2) is 17.3 Å². The molecule has 2 N–H and O–H groups in total. The van der Waals surface area contributed by atoms with Crippen molar-refractivity contribution in [2.24, 2.45) is 0 Å². The molecule has 1 saturated carbocycles. The van der Waals surface area contributed by atoms with E-state index in [1.165, 1.54) is 17.7 Å². The molecule has 1 heterocycles. The van der Waals surface area contributed by atoms with Gasteiger partial charge in [0.15, 0.2) is 0 Å². The van der Waals surface area contributed by atoms with Crippen molar-refractivity contribution < 1.29 is 5.11 Å². The highest BCUT2D eigenvalue weighted by atomic mass is 32.1. The van der Waals surface area contributed by atoms with Crippen LogP contribution >= 0.6 is 11.3 Å². The van der Waals surface area contributed by atoms with Crippen molar-refractivity contribution in [3.63, 3.8) is 0 Å². The van der Waals surface area contributed by atoms with Gasteiger partial charge in [0.25, 0.3) is 0 Å². The Kier molecular flexibility index (Phi) is 3.56. The third-order valence-electron chi connectivity index (χ3n) is 2.85. The molecule has 1 aromatic rings. The zero-order valence-corrected chi connectivity index (χ0v) is 9.09. The Hall–Kier alpha value is -0.380. The Morgan fingerprint density at radius 1 is 1.43 bits per heavy atom. The van der Waals surface area contributed by atoms with Gasteiger partial charge in [-0.15, -0.1) is 11.3 Å². The molecule has 3 heteroatoms. The van der Waals surface area contributed by atoms with E-state index in [9.17, 15) is 5.11 Å². The van der Waals surface area contributed by atoms with Crippen LogP contribution < -0.4 is 5.32 Å². The van der Waals surface area contributed by atoms with Gasteiger partial charge in [0.2, 0.25) is 0 Å². The molecular formula is C11H17NOS. The third kappa shape index (κ3) is 2.56. The van der Waals surface area contributed by atoms with Crippen LogP contribution in [0.5, 0.6) is 0 Å². The lowest BCUT2D eigenvalue weighted by Crippen LogP contribution is -2.41. The second-order valence-corrected chi connectivity index (χ2v) is 4.95. The molecule has 2 rings (SSSR count). The first-order chi connectivity index (χ1) is 6.86. The smallest absolute Gasteiger partial charge is 0.0693 e. The maximum atomic E-state index is 9.74. The first kappa shape index (κ1) is 10.1. The summed E-state index contributed by atoms with van der Waals surface area (Å²) in [7, 11) is 0. The van der Waals surface area contributed by atoms with Crippen LogP contribution in [0.3, 0.4) is 0 Å². The summed E-state index contributed by atoms with van der Waals surface area (Å²) < 4.78 is 0. The Balaban J connectivity index is 1.79. The monoisotopic (exact) mass is 211 g/mol. The van der Waals surface area contributed by atoms with E-state index in [0.29, 0.717) is 6.04 Å². The van der Waals surface area contributed by atoms with Gasteiger partial charge in [-0.1, -0.05) is 18.9 Å². The first-order valence-corrected chi connectivity index (χ1v) is 6.18. The minimum Gasteiger partial charge on any atom is -0.392 e. The number of hydrogen-bond acceptors (Lipinski definition) is 3. The summed E-state index contributed by atoms with van der Waals surface area (Å²) in [6.07, 6.45) is 4.37. The minimum atomic E-state index is -0.135. The Bertz CT molecular complexity index is 260. The maximum Gasteiger partial charge on any atom is 0.0693 e. The molecular weight excluding hydrogens is 194 g/mol. The van der Waals surface area contributed by atoms with Crippen molar-refractivity contribution in [1.29, 1.82) is 0 Å². The SMILES string of the molecule is O[C@H]1CCCC[C@@H]1NCc1cccs1. The summed E-state index contributed by atoms with van der Waals surface area (Å²) in [5, 5.41) is 15.3. The van der Waals surface area contributed by atoms with Gasteiger partial charge < -0.3 is 10.4 Å². The summed E-state index contributed by atoms with van der Waals surface area (Å²) in [6.45, 7) is 0.902. The molecule has 78 valence electrons. The van der Waals surface area contributed by atoms with Crippen LogP contribution in [0, 0.1) is 0 Å². The highest BCUT2D eigenvalue weighted by molar-refractivity contribution is 7.09. The van der Waals surface area contributed by atoms with E-state index < -0.39 is 0 Å². The van der Waals surface area contributed by atoms with E-state index in [4.69, 9.17) is 0 Å². The van der Waals surface area contributed by atoms with Gasteiger partial charge in [-0.05, 0) is 24.3 Å². The number of aliphatic hydroxyl groups is 1. The zero-order chi connectivity index (χ0) is 9.80. The molecule has 2 atom stereocenters. The van der Waals surface area contributed by atoms with Gasteiger partial charge in [-0.25, -0.2) is 0 Å². The van der Waals surface area contributed by atoms with Crippen LogP contribution in [0.2, 0.25) is 0 Å². The number of rotatable bonds is 3. The highest BCUT2D eigenvalue weighted by Gasteiger charge is 2.21. The summed E-state index contributed by atoms with van der Waals surface area (Å²) >= 11 is 1.77. The average molecular weight is 211 g/mol. The number of hydrogen-bond donors (Lipinski definition) is 2. The Labute approximate surface area is 89.0 Å². The minimum absolute atomic E-state index is 0.135. The molecule has 0 aliphatic heterocycles. The number of aliphatic hydroxyl groups excluding tert-OH is 1. The van der Waals surface area contributed by atoms with Crippen molar-refractivity contribution in [2.45, 2.75) is 44.4 Å². The molecule has 0 unspecified atom stereocenters. The Morgan fingerprint density at radius 2 is 2.29 bits per heavy atom. The van der Waals surface area contributed by atoms with Crippen LogP contribution in [0.25, 0.3) is 0 Å². The summed E-state index contributed by atoms with van der Waals surface area (Å²) in [4.78, 5) is 1.35. The van der Waals surface area contributed by atoms with Crippen molar-refractivity contribution in [3.8, 4) is 0 Å². The fourth-order valence-electron chi connectivity index (χ4n) is 1.99. The van der Waals surface area contributed by atoms with Gasteiger partial charge >= 0.3 is 0 Å². The van der Waals surface area contributed by atoms with E-state index in [2.05, 4.69) is 22.8 Å². The summed E-state index contributed by atoms with van der Waals surface area (Å²) in [5.74, 6) is 0. The molecule has 1 fully saturated rings. The fraction of sp³-hybridized carbons (Fsp3) is 0.636. The van der Waals surface area contributed by atoms with E-state index in [1.54, 1.807) is 11.3 Å². The predicted octanol–water partition coefficient (Wildman–Crippen LogP) is 2.14. The van der Waals surface area contributed by atoms with Gasteiger partial charge in [0.05, 0.1) is 6.10 Å². The van der Waals surface area contributed by atoms with Crippen molar-refractivity contribution in [1.82, 2.24) is 5.32 Å². The number of thiophene rings is 1. The zero-order valence-electron chi connectivity index (χ0n) is 8.28. The second-order valence-electron chi connectivity index (χ2n) is 3.92. The molecule has 0 spiro atoms. The van der Waals surface area contributed by atoms with E-state index >= 15 is 0 Å². The fourth-order valence-corrected chi connectivity index (χ4v) is 2.65. The van der Waals surface area contributed by atoms with Gasteiger partial charge in [0, 0.05) is 17.5 Å². The number of nitrogens with one attached hydrogen (secondary N) is 1. The lowest BCUT2D eigenvalue weighted by molar-refractivity contribution is 0.0904. The molecule has 0 aromatic carbocycles. The maximum absolute atomic E-state index is 9.74. The standard InChI is InChI=1S/C11H17NOS/c13-11-6-2-1-5-10(11)12-8-9-4-3-7-14-9/h3-4,7,10-13H,1-2,5-6,8H2/t10-,11-/m0/s1. The van der Waals surface area contributed by atoms with Crippen LogP contribution in [-0.2, 0) is 6.54 Å².